The molecule has 1 aliphatic carbocycles. The van der Waals surface area contributed by atoms with Gasteiger partial charge in [0.15, 0.2) is 0 Å². The quantitative estimate of drug-likeness (QED) is 0.755. The highest BCUT2D eigenvalue weighted by molar-refractivity contribution is 5.83. The Labute approximate surface area is 150 Å². The van der Waals surface area contributed by atoms with Crippen LogP contribution in [0.2, 0.25) is 0 Å². The van der Waals surface area contributed by atoms with E-state index in [1.807, 2.05) is 17.9 Å². The zero-order valence-electron chi connectivity index (χ0n) is 14.9. The average Bonchev–Trinajstić information content (AvgIpc) is 3.01. The molecule has 138 valence electrons. The zero-order valence-corrected chi connectivity index (χ0v) is 14.9. The van der Waals surface area contributed by atoms with Crippen molar-refractivity contribution in [3.8, 4) is 0 Å². The Hall–Kier alpha value is -2.61. The number of carboxylic acid groups (broad SMARTS) is 1. The predicted octanol–water partition coefficient (Wildman–Crippen LogP) is 0.997. The Bertz CT molecular complexity index is 956. The molecule has 2 heterocycles. The molecule has 4 atom stereocenters. The lowest BCUT2D eigenvalue weighted by molar-refractivity contribution is 0.192. The van der Waals surface area contributed by atoms with E-state index in [9.17, 15) is 14.7 Å². The van der Waals surface area contributed by atoms with Crippen molar-refractivity contribution in [3.63, 3.8) is 0 Å². The van der Waals surface area contributed by atoms with Crippen molar-refractivity contribution < 1.29 is 15.0 Å². The highest BCUT2D eigenvalue weighted by Crippen LogP contribution is 2.46. The molecule has 2 aliphatic rings. The van der Waals surface area contributed by atoms with E-state index in [1.165, 1.54) is 4.57 Å². The second kappa shape index (κ2) is 5.70. The maximum absolute atomic E-state index is 12.9. The van der Waals surface area contributed by atoms with Crippen molar-refractivity contribution in [1.82, 2.24) is 14.9 Å². The molecule has 2 unspecified atom stereocenters. The molecule has 2 aromatic rings. The smallest absolute Gasteiger partial charge is 0.404 e. The van der Waals surface area contributed by atoms with Crippen LogP contribution < -0.4 is 15.8 Å². The van der Waals surface area contributed by atoms with Gasteiger partial charge in [-0.2, -0.15) is 0 Å². The number of benzene rings is 1. The SMILES string of the molecule is Cc1cc(C(C)O)c2nc(N3C[C@@H]4C(NC(=O)O)[C@@H]4C3)n(C)c(=O)c2c1. The van der Waals surface area contributed by atoms with Gasteiger partial charge in [0.25, 0.3) is 5.56 Å². The molecule has 2 fully saturated rings. The summed E-state index contributed by atoms with van der Waals surface area (Å²) < 4.78 is 1.54. The minimum Gasteiger partial charge on any atom is -0.465 e. The zero-order chi connectivity index (χ0) is 18.7. The fourth-order valence-corrected chi connectivity index (χ4v) is 4.19. The molecule has 1 saturated heterocycles. The highest BCUT2D eigenvalue weighted by Gasteiger charge is 2.57. The molecule has 0 spiro atoms. The first-order valence-electron chi connectivity index (χ1n) is 8.71. The molecule has 0 bridgehead atoms. The van der Waals surface area contributed by atoms with Gasteiger partial charge < -0.3 is 20.4 Å². The molecule has 4 rings (SSSR count). The van der Waals surface area contributed by atoms with E-state index in [2.05, 4.69) is 5.32 Å². The van der Waals surface area contributed by atoms with Crippen molar-refractivity contribution in [3.05, 3.63) is 33.6 Å². The van der Waals surface area contributed by atoms with Gasteiger partial charge in [0.05, 0.1) is 17.0 Å². The second-order valence-electron chi connectivity index (χ2n) is 7.41. The molecule has 26 heavy (non-hydrogen) atoms. The van der Waals surface area contributed by atoms with Gasteiger partial charge >= 0.3 is 6.09 Å². The van der Waals surface area contributed by atoms with Crippen LogP contribution in [0.25, 0.3) is 10.9 Å². The number of carbonyl (C=O) groups is 1. The molecule has 1 saturated carbocycles. The van der Waals surface area contributed by atoms with Crippen LogP contribution in [0.15, 0.2) is 16.9 Å². The number of hydrogen-bond acceptors (Lipinski definition) is 5. The third-order valence-corrected chi connectivity index (χ3v) is 5.55. The number of aliphatic hydroxyl groups is 1. The predicted molar refractivity (Wildman–Crippen MR) is 96.5 cm³/mol. The van der Waals surface area contributed by atoms with Crippen molar-refractivity contribution in [2.75, 3.05) is 18.0 Å². The summed E-state index contributed by atoms with van der Waals surface area (Å²) >= 11 is 0. The first kappa shape index (κ1) is 16.8. The van der Waals surface area contributed by atoms with Crippen LogP contribution in [0.3, 0.4) is 0 Å². The van der Waals surface area contributed by atoms with Crippen LogP contribution in [0, 0.1) is 18.8 Å². The number of aromatic nitrogens is 2. The average molecular weight is 358 g/mol. The number of aryl methyl sites for hydroxylation is 1. The van der Waals surface area contributed by atoms with E-state index in [4.69, 9.17) is 10.1 Å². The Morgan fingerprint density at radius 2 is 2.00 bits per heavy atom. The molecule has 1 aromatic heterocycles. The number of nitrogens with one attached hydrogen (secondary N) is 1. The Kier molecular flexibility index (Phi) is 3.69. The number of fused-ring (bicyclic) bond motifs is 2. The van der Waals surface area contributed by atoms with Gasteiger partial charge in [-0.05, 0) is 25.5 Å². The molecule has 0 radical (unpaired) electrons. The molecule has 1 amide bonds. The van der Waals surface area contributed by atoms with Crippen LogP contribution in [0.5, 0.6) is 0 Å². The summed E-state index contributed by atoms with van der Waals surface area (Å²) in [5, 5.41) is 22.0. The molecule has 1 aromatic carbocycles. The van der Waals surface area contributed by atoms with Gasteiger partial charge in [-0.25, -0.2) is 9.78 Å². The minimum absolute atomic E-state index is 0.00286. The molecular formula is C18H22N4O4. The number of rotatable bonds is 3. The maximum Gasteiger partial charge on any atom is 0.404 e. The monoisotopic (exact) mass is 358 g/mol. The lowest BCUT2D eigenvalue weighted by Crippen LogP contribution is -2.37. The lowest BCUT2D eigenvalue weighted by Gasteiger charge is -2.24. The van der Waals surface area contributed by atoms with Crippen molar-refractivity contribution in [1.29, 1.82) is 0 Å². The maximum atomic E-state index is 12.9. The van der Waals surface area contributed by atoms with Crippen molar-refractivity contribution in [2.45, 2.75) is 26.0 Å². The van der Waals surface area contributed by atoms with Crippen LogP contribution in [-0.2, 0) is 7.05 Å². The minimum atomic E-state index is -0.996. The normalized spacial score (nSPS) is 25.2. The summed E-state index contributed by atoms with van der Waals surface area (Å²) in [6.45, 7) is 4.89. The van der Waals surface area contributed by atoms with E-state index >= 15 is 0 Å². The summed E-state index contributed by atoms with van der Waals surface area (Å²) in [5.41, 5.74) is 1.94. The van der Waals surface area contributed by atoms with Crippen molar-refractivity contribution >= 4 is 22.9 Å². The lowest BCUT2D eigenvalue weighted by atomic mass is 10.0. The van der Waals surface area contributed by atoms with Crippen molar-refractivity contribution in [2.24, 2.45) is 18.9 Å². The largest absolute Gasteiger partial charge is 0.465 e. The Morgan fingerprint density at radius 3 is 2.58 bits per heavy atom. The number of hydrogen-bond donors (Lipinski definition) is 3. The van der Waals surface area contributed by atoms with Crippen LogP contribution in [-0.4, -0.2) is 45.0 Å². The molecular weight excluding hydrogens is 336 g/mol. The van der Waals surface area contributed by atoms with Crippen LogP contribution >= 0.6 is 0 Å². The third-order valence-electron chi connectivity index (χ3n) is 5.55. The van der Waals surface area contributed by atoms with E-state index in [-0.39, 0.29) is 23.4 Å². The fraction of sp³-hybridized carbons (Fsp3) is 0.500. The van der Waals surface area contributed by atoms with Gasteiger partial charge in [0, 0.05) is 43.6 Å². The number of anilines is 1. The highest BCUT2D eigenvalue weighted by atomic mass is 16.4. The number of aliphatic hydroxyl groups excluding tert-OH is 1. The summed E-state index contributed by atoms with van der Waals surface area (Å²) in [5.74, 6) is 1.08. The summed E-state index contributed by atoms with van der Waals surface area (Å²) in [6, 6.07) is 3.66. The standard InChI is InChI=1S/C18H22N4O4/c1-8-4-10(9(2)23)14-11(5-8)16(24)21(3)17(19-14)22-6-12-13(7-22)15(12)20-18(25)26/h4-5,9,12-13,15,20,23H,6-7H2,1-3H3,(H,25,26)/t9?,12-,13+,15?. The topological polar surface area (TPSA) is 108 Å². The molecule has 8 heteroatoms. The van der Waals surface area contributed by atoms with Crippen LogP contribution in [0.4, 0.5) is 10.7 Å². The van der Waals surface area contributed by atoms with Gasteiger partial charge in [0.1, 0.15) is 0 Å². The van der Waals surface area contributed by atoms with E-state index in [0.717, 1.165) is 5.56 Å². The summed E-state index contributed by atoms with van der Waals surface area (Å²) in [7, 11) is 1.70. The second-order valence-corrected chi connectivity index (χ2v) is 7.41. The van der Waals surface area contributed by atoms with Gasteiger partial charge in [-0.15, -0.1) is 0 Å². The van der Waals surface area contributed by atoms with Crippen LogP contribution in [0.1, 0.15) is 24.2 Å². The van der Waals surface area contributed by atoms with E-state index in [0.29, 0.717) is 35.5 Å². The van der Waals surface area contributed by atoms with E-state index < -0.39 is 12.2 Å². The third kappa shape index (κ3) is 2.52. The Balaban J connectivity index is 1.73. The fourth-order valence-electron chi connectivity index (χ4n) is 4.19. The number of piperidine rings is 1. The Morgan fingerprint density at radius 1 is 1.35 bits per heavy atom. The van der Waals surface area contributed by atoms with Gasteiger partial charge in [-0.3, -0.25) is 9.36 Å². The van der Waals surface area contributed by atoms with E-state index in [1.54, 1.807) is 20.0 Å². The summed E-state index contributed by atoms with van der Waals surface area (Å²) in [6.07, 6.45) is -1.72. The molecule has 3 N–H and O–H groups in total. The first-order chi connectivity index (χ1) is 12.3. The van der Waals surface area contributed by atoms with Gasteiger partial charge in [0.2, 0.25) is 5.95 Å². The van der Waals surface area contributed by atoms with Gasteiger partial charge in [-0.1, -0.05) is 6.07 Å². The first-order valence-corrected chi connectivity index (χ1v) is 8.71. The number of amides is 1. The number of nitrogens with zero attached hydrogens (tertiary/aromatic N) is 3. The molecule has 8 nitrogen and oxygen atoms in total. The molecule has 1 aliphatic heterocycles. The summed E-state index contributed by atoms with van der Waals surface area (Å²) in [4.78, 5) is 30.4.